The lowest BCUT2D eigenvalue weighted by Gasteiger charge is -2.25. The zero-order valence-corrected chi connectivity index (χ0v) is 16.8. The molecule has 0 aliphatic carbocycles. The molecule has 0 saturated carbocycles. The highest BCUT2D eigenvalue weighted by Crippen LogP contribution is 2.22. The van der Waals surface area contributed by atoms with E-state index in [0.717, 1.165) is 0 Å². The van der Waals surface area contributed by atoms with E-state index in [1.165, 1.54) is 30.6 Å². The van der Waals surface area contributed by atoms with E-state index in [1.54, 1.807) is 12.1 Å². The summed E-state index contributed by atoms with van der Waals surface area (Å²) < 4.78 is 33.5. The molecule has 7 nitrogen and oxygen atoms in total. The van der Waals surface area contributed by atoms with E-state index in [9.17, 15) is 13.2 Å². The zero-order chi connectivity index (χ0) is 20.1. The Kier molecular flexibility index (Phi) is 6.43. The molecular weight excluding hydrogens is 366 g/mol. The van der Waals surface area contributed by atoms with Crippen LogP contribution in [0, 0.1) is 0 Å². The number of carbonyl (C=O) groups is 1. The van der Waals surface area contributed by atoms with E-state index in [4.69, 9.17) is 4.74 Å². The standard InChI is InChI=1S/C19H25N3O4S/c1-5-19(3,4)21-18(23)16-9-7-8-10-17(16)27(24,25)22-14-11-15(26-6-2)13-20-12-14/h7-13,22H,5-6H2,1-4H3,(H,21,23). The maximum atomic E-state index is 12.9. The summed E-state index contributed by atoms with van der Waals surface area (Å²) in [5.74, 6) is 0.0115. The van der Waals surface area contributed by atoms with Crippen molar-refractivity contribution < 1.29 is 17.9 Å². The highest BCUT2D eigenvalue weighted by Gasteiger charge is 2.25. The van der Waals surface area contributed by atoms with Gasteiger partial charge in [-0.05, 0) is 39.3 Å². The molecule has 0 radical (unpaired) electrons. The average molecular weight is 391 g/mol. The van der Waals surface area contributed by atoms with Crippen LogP contribution in [-0.2, 0) is 10.0 Å². The van der Waals surface area contributed by atoms with Crippen LogP contribution in [0.3, 0.4) is 0 Å². The largest absolute Gasteiger partial charge is 0.492 e. The smallest absolute Gasteiger partial charge is 0.262 e. The van der Waals surface area contributed by atoms with Crippen LogP contribution in [0.15, 0.2) is 47.6 Å². The van der Waals surface area contributed by atoms with Crippen molar-refractivity contribution in [3.8, 4) is 5.75 Å². The summed E-state index contributed by atoms with van der Waals surface area (Å²) in [6, 6.07) is 7.63. The Morgan fingerprint density at radius 3 is 2.56 bits per heavy atom. The SMILES string of the molecule is CCOc1cncc(NS(=O)(=O)c2ccccc2C(=O)NC(C)(C)CC)c1. The van der Waals surface area contributed by atoms with E-state index in [-0.39, 0.29) is 16.1 Å². The number of pyridine rings is 1. The van der Waals surface area contributed by atoms with Crippen LogP contribution in [0.4, 0.5) is 5.69 Å². The summed E-state index contributed by atoms with van der Waals surface area (Å²) in [6.07, 6.45) is 3.58. The third kappa shape index (κ3) is 5.43. The number of nitrogens with zero attached hydrogens (tertiary/aromatic N) is 1. The molecule has 146 valence electrons. The fourth-order valence-electron chi connectivity index (χ4n) is 2.28. The molecule has 1 amide bonds. The molecule has 1 aromatic heterocycles. The fraction of sp³-hybridized carbons (Fsp3) is 0.368. The summed E-state index contributed by atoms with van der Waals surface area (Å²) in [5, 5.41) is 2.86. The Balaban J connectivity index is 2.34. The van der Waals surface area contributed by atoms with Gasteiger partial charge in [-0.3, -0.25) is 14.5 Å². The van der Waals surface area contributed by atoms with Crippen molar-refractivity contribution in [2.45, 2.75) is 44.6 Å². The van der Waals surface area contributed by atoms with Gasteiger partial charge in [-0.2, -0.15) is 0 Å². The number of hydrogen-bond donors (Lipinski definition) is 2. The summed E-state index contributed by atoms with van der Waals surface area (Å²) in [5.41, 5.74) is -0.109. The molecule has 0 spiro atoms. The number of amides is 1. The summed E-state index contributed by atoms with van der Waals surface area (Å²) in [6.45, 7) is 7.97. The van der Waals surface area contributed by atoms with Crippen molar-refractivity contribution in [2.24, 2.45) is 0 Å². The van der Waals surface area contributed by atoms with Crippen LogP contribution >= 0.6 is 0 Å². The molecule has 8 heteroatoms. The van der Waals surface area contributed by atoms with Gasteiger partial charge in [0.25, 0.3) is 15.9 Å². The molecular formula is C19H25N3O4S. The molecule has 2 aromatic rings. The molecule has 0 atom stereocenters. The number of ether oxygens (including phenoxy) is 1. The molecule has 0 bridgehead atoms. The van der Waals surface area contributed by atoms with Crippen molar-refractivity contribution in [1.29, 1.82) is 0 Å². The molecule has 0 fully saturated rings. The van der Waals surface area contributed by atoms with Gasteiger partial charge in [-0.1, -0.05) is 19.1 Å². The molecule has 0 saturated heterocycles. The van der Waals surface area contributed by atoms with Crippen LogP contribution in [0.5, 0.6) is 5.75 Å². The van der Waals surface area contributed by atoms with Gasteiger partial charge in [0.15, 0.2) is 0 Å². The number of sulfonamides is 1. The van der Waals surface area contributed by atoms with Crippen molar-refractivity contribution in [3.63, 3.8) is 0 Å². The molecule has 1 aromatic carbocycles. The molecule has 1 heterocycles. The number of hydrogen-bond acceptors (Lipinski definition) is 5. The topological polar surface area (TPSA) is 97.4 Å². The van der Waals surface area contributed by atoms with Gasteiger partial charge in [0.05, 0.1) is 30.3 Å². The van der Waals surface area contributed by atoms with Gasteiger partial charge < -0.3 is 10.1 Å². The summed E-state index contributed by atoms with van der Waals surface area (Å²) >= 11 is 0. The maximum absolute atomic E-state index is 12.9. The molecule has 0 aliphatic heterocycles. The van der Waals surface area contributed by atoms with Gasteiger partial charge in [-0.25, -0.2) is 8.42 Å². The van der Waals surface area contributed by atoms with Crippen LogP contribution in [-0.4, -0.2) is 31.5 Å². The number of nitrogens with one attached hydrogen (secondary N) is 2. The van der Waals surface area contributed by atoms with Crippen LogP contribution < -0.4 is 14.8 Å². The van der Waals surface area contributed by atoms with Crippen LogP contribution in [0.1, 0.15) is 44.5 Å². The first-order valence-electron chi connectivity index (χ1n) is 8.70. The Morgan fingerprint density at radius 1 is 1.19 bits per heavy atom. The normalized spacial score (nSPS) is 11.7. The quantitative estimate of drug-likeness (QED) is 0.720. The monoisotopic (exact) mass is 391 g/mol. The third-order valence-electron chi connectivity index (χ3n) is 4.03. The van der Waals surface area contributed by atoms with Crippen molar-refractivity contribution in [1.82, 2.24) is 10.3 Å². The lowest BCUT2D eigenvalue weighted by molar-refractivity contribution is 0.0908. The second-order valence-electron chi connectivity index (χ2n) is 6.64. The predicted octanol–water partition coefficient (Wildman–Crippen LogP) is 3.20. The minimum absolute atomic E-state index is 0.0837. The van der Waals surface area contributed by atoms with Crippen molar-refractivity contribution in [2.75, 3.05) is 11.3 Å². The minimum Gasteiger partial charge on any atom is -0.492 e. The fourth-order valence-corrected chi connectivity index (χ4v) is 3.52. The highest BCUT2D eigenvalue weighted by atomic mass is 32.2. The lowest BCUT2D eigenvalue weighted by Crippen LogP contribution is -2.43. The van der Waals surface area contributed by atoms with E-state index < -0.39 is 21.5 Å². The van der Waals surface area contributed by atoms with Gasteiger partial charge in [0.1, 0.15) is 10.6 Å². The average Bonchev–Trinajstić information content (AvgIpc) is 2.61. The Hall–Kier alpha value is -2.61. The van der Waals surface area contributed by atoms with Gasteiger partial charge in [0.2, 0.25) is 0 Å². The Bertz CT molecular complexity index is 911. The first-order valence-corrected chi connectivity index (χ1v) is 10.2. The molecule has 2 rings (SSSR count). The first-order chi connectivity index (χ1) is 12.7. The second-order valence-corrected chi connectivity index (χ2v) is 8.29. The second kappa shape index (κ2) is 8.39. The first kappa shape index (κ1) is 20.7. The Morgan fingerprint density at radius 2 is 1.89 bits per heavy atom. The number of carbonyl (C=O) groups excluding carboxylic acids is 1. The maximum Gasteiger partial charge on any atom is 0.262 e. The zero-order valence-electron chi connectivity index (χ0n) is 15.9. The summed E-state index contributed by atoms with van der Waals surface area (Å²) in [7, 11) is -3.99. The third-order valence-corrected chi connectivity index (χ3v) is 5.47. The number of anilines is 1. The van der Waals surface area contributed by atoms with Gasteiger partial charge in [0, 0.05) is 11.6 Å². The molecule has 27 heavy (non-hydrogen) atoms. The number of benzene rings is 1. The number of rotatable bonds is 8. The van der Waals surface area contributed by atoms with Crippen LogP contribution in [0.25, 0.3) is 0 Å². The van der Waals surface area contributed by atoms with Crippen molar-refractivity contribution in [3.05, 3.63) is 48.3 Å². The molecule has 0 aliphatic rings. The molecule has 0 unspecified atom stereocenters. The van der Waals surface area contributed by atoms with Crippen LogP contribution in [0.2, 0.25) is 0 Å². The lowest BCUT2D eigenvalue weighted by atomic mass is 10.0. The van der Waals surface area contributed by atoms with E-state index in [0.29, 0.717) is 18.8 Å². The Labute approximate surface area is 160 Å². The minimum atomic E-state index is -3.99. The van der Waals surface area contributed by atoms with E-state index >= 15 is 0 Å². The summed E-state index contributed by atoms with van der Waals surface area (Å²) in [4.78, 5) is 16.5. The van der Waals surface area contributed by atoms with E-state index in [2.05, 4.69) is 15.0 Å². The van der Waals surface area contributed by atoms with Gasteiger partial charge in [-0.15, -0.1) is 0 Å². The molecule has 2 N–H and O–H groups in total. The van der Waals surface area contributed by atoms with E-state index in [1.807, 2.05) is 27.7 Å². The predicted molar refractivity (Wildman–Crippen MR) is 104 cm³/mol. The highest BCUT2D eigenvalue weighted by molar-refractivity contribution is 7.92. The van der Waals surface area contributed by atoms with Gasteiger partial charge >= 0.3 is 0 Å². The number of aromatic nitrogens is 1. The van der Waals surface area contributed by atoms with Crippen molar-refractivity contribution >= 4 is 21.6 Å².